The average molecular weight is 376 g/mol. The van der Waals surface area contributed by atoms with Crippen molar-refractivity contribution in [2.75, 3.05) is 52.2 Å². The lowest BCUT2D eigenvalue weighted by Gasteiger charge is -2.35. The molecule has 0 spiro atoms. The first-order valence-electron chi connectivity index (χ1n) is 8.58. The van der Waals surface area contributed by atoms with Gasteiger partial charge in [0.15, 0.2) is 0 Å². The number of ether oxygens (including phenoxy) is 1. The first-order valence-corrected chi connectivity index (χ1v) is 9.39. The molecule has 140 valence electrons. The Labute approximate surface area is 156 Å². The monoisotopic (exact) mass is 376 g/mol. The minimum absolute atomic E-state index is 0.0981. The molecule has 0 unspecified atom stereocenters. The largest absolute Gasteiger partial charge is 0.383 e. The molecule has 1 aromatic heterocycles. The molecular weight excluding hydrogens is 352 g/mol. The van der Waals surface area contributed by atoms with E-state index in [1.54, 1.807) is 7.11 Å². The Morgan fingerprint density at radius 2 is 2.00 bits per heavy atom. The normalized spacial score (nSPS) is 16.4. The average Bonchev–Trinajstić information content (AvgIpc) is 3.11. The quantitative estimate of drug-likeness (QED) is 0.786. The van der Waals surface area contributed by atoms with E-state index in [-0.39, 0.29) is 12.1 Å². The highest BCUT2D eigenvalue weighted by Gasteiger charge is 2.26. The smallest absolute Gasteiger partial charge is 0.318 e. The second-order valence-corrected chi connectivity index (χ2v) is 7.13. The second-order valence-electron chi connectivity index (χ2n) is 6.09. The first kappa shape index (κ1) is 18.6. The number of nitrogens with two attached hydrogens (primary N) is 1. The number of carbonyl (C=O) groups excluding carboxylic acids is 1. The zero-order valence-electron chi connectivity index (χ0n) is 14.8. The van der Waals surface area contributed by atoms with Crippen LogP contribution in [-0.4, -0.2) is 72.5 Å². The van der Waals surface area contributed by atoms with Crippen LogP contribution in [0.1, 0.15) is 16.6 Å². The maximum atomic E-state index is 12.8. The van der Waals surface area contributed by atoms with Gasteiger partial charge in [-0.1, -0.05) is 41.7 Å². The molecule has 0 radical (unpaired) electrons. The lowest BCUT2D eigenvalue weighted by molar-refractivity contribution is 0.105. The minimum atomic E-state index is -0.356. The number of methoxy groups -OCH3 is 1. The van der Waals surface area contributed by atoms with Crippen molar-refractivity contribution in [1.82, 2.24) is 25.3 Å². The van der Waals surface area contributed by atoms with E-state index >= 15 is 0 Å². The van der Waals surface area contributed by atoms with Crippen molar-refractivity contribution in [1.29, 1.82) is 0 Å². The number of carbonyl (C=O) groups is 1. The molecule has 1 saturated heterocycles. The number of rotatable bonds is 6. The summed E-state index contributed by atoms with van der Waals surface area (Å²) in [4.78, 5) is 16.9. The van der Waals surface area contributed by atoms with Crippen LogP contribution >= 0.6 is 11.3 Å². The predicted molar refractivity (Wildman–Crippen MR) is 101 cm³/mol. The summed E-state index contributed by atoms with van der Waals surface area (Å²) < 4.78 is 5.11. The number of hydrogen-bond donors (Lipinski definition) is 2. The van der Waals surface area contributed by atoms with Gasteiger partial charge in [-0.25, -0.2) is 4.79 Å². The molecule has 3 N–H and O–H groups in total. The lowest BCUT2D eigenvalue weighted by Crippen LogP contribution is -2.52. The zero-order chi connectivity index (χ0) is 18.4. The van der Waals surface area contributed by atoms with Gasteiger partial charge in [-0.2, -0.15) is 0 Å². The van der Waals surface area contributed by atoms with Gasteiger partial charge in [-0.05, 0) is 5.56 Å². The van der Waals surface area contributed by atoms with E-state index in [4.69, 9.17) is 10.5 Å². The number of anilines is 1. The van der Waals surface area contributed by atoms with Crippen molar-refractivity contribution in [2.45, 2.75) is 6.04 Å². The van der Waals surface area contributed by atoms with Gasteiger partial charge in [-0.3, -0.25) is 4.90 Å². The SMILES string of the molecule is COCCN1CCN(C(=O)N[C@H](c2ccccc2)c2nnc(N)s2)CC1. The van der Waals surface area contributed by atoms with Crippen LogP contribution in [0.25, 0.3) is 0 Å². The van der Waals surface area contributed by atoms with Crippen molar-refractivity contribution in [3.05, 3.63) is 40.9 Å². The first-order chi connectivity index (χ1) is 12.7. The molecule has 0 bridgehead atoms. The van der Waals surface area contributed by atoms with Crippen molar-refractivity contribution in [3.63, 3.8) is 0 Å². The van der Waals surface area contributed by atoms with Gasteiger partial charge in [0, 0.05) is 39.8 Å². The summed E-state index contributed by atoms with van der Waals surface area (Å²) in [6.07, 6.45) is 0. The van der Waals surface area contributed by atoms with E-state index in [2.05, 4.69) is 20.4 Å². The molecule has 2 heterocycles. The number of amides is 2. The topological polar surface area (TPSA) is 96.6 Å². The Kier molecular flexibility index (Phi) is 6.37. The number of benzene rings is 1. The molecular formula is C17H24N6O2S. The Balaban J connectivity index is 1.65. The van der Waals surface area contributed by atoms with Crippen molar-refractivity contribution in [3.8, 4) is 0 Å². The Morgan fingerprint density at radius 3 is 2.62 bits per heavy atom. The molecule has 1 aliphatic rings. The number of nitrogens with one attached hydrogen (secondary N) is 1. The van der Waals surface area contributed by atoms with Crippen molar-refractivity contribution in [2.24, 2.45) is 0 Å². The number of nitrogen functional groups attached to an aromatic ring is 1. The number of hydrogen-bond acceptors (Lipinski definition) is 7. The molecule has 0 aliphatic carbocycles. The molecule has 8 nitrogen and oxygen atoms in total. The lowest BCUT2D eigenvalue weighted by atomic mass is 10.1. The summed E-state index contributed by atoms with van der Waals surface area (Å²) in [5.41, 5.74) is 6.68. The molecule has 2 amide bonds. The number of piperazine rings is 1. The van der Waals surface area contributed by atoms with Gasteiger partial charge in [-0.15, -0.1) is 10.2 Å². The number of aromatic nitrogens is 2. The zero-order valence-corrected chi connectivity index (χ0v) is 15.6. The van der Waals surface area contributed by atoms with Crippen LogP contribution < -0.4 is 11.1 Å². The Morgan fingerprint density at radius 1 is 1.27 bits per heavy atom. The molecule has 9 heteroatoms. The standard InChI is InChI=1S/C17H24N6O2S/c1-25-12-11-22-7-9-23(10-8-22)17(24)19-14(13-5-3-2-4-6-13)15-20-21-16(18)26-15/h2-6,14H,7-12H2,1H3,(H2,18,21)(H,19,24)/t14-/m1/s1. The summed E-state index contributed by atoms with van der Waals surface area (Å²) >= 11 is 1.29. The summed E-state index contributed by atoms with van der Waals surface area (Å²) in [5, 5.41) is 12.2. The summed E-state index contributed by atoms with van der Waals surface area (Å²) in [5.74, 6) is 0. The summed E-state index contributed by atoms with van der Waals surface area (Å²) in [7, 11) is 1.70. The summed E-state index contributed by atoms with van der Waals surface area (Å²) in [6, 6.07) is 9.29. The second kappa shape index (κ2) is 8.93. The van der Waals surface area contributed by atoms with Gasteiger partial charge in [0.25, 0.3) is 0 Å². The van der Waals surface area contributed by atoms with Crippen LogP contribution in [0.4, 0.5) is 9.93 Å². The fraction of sp³-hybridized carbons (Fsp3) is 0.471. The van der Waals surface area contributed by atoms with Crippen molar-refractivity contribution >= 4 is 22.5 Å². The van der Waals surface area contributed by atoms with Gasteiger partial charge in [0.1, 0.15) is 11.0 Å². The van der Waals surface area contributed by atoms with E-state index in [1.807, 2.05) is 35.2 Å². The highest BCUT2D eigenvalue weighted by Crippen LogP contribution is 2.26. The van der Waals surface area contributed by atoms with Crippen LogP contribution in [0, 0.1) is 0 Å². The van der Waals surface area contributed by atoms with Gasteiger partial charge in [0.05, 0.1) is 6.61 Å². The van der Waals surface area contributed by atoms with Gasteiger partial charge < -0.3 is 20.7 Å². The Hall–Kier alpha value is -2.23. The third-order valence-corrected chi connectivity index (χ3v) is 5.19. The molecule has 26 heavy (non-hydrogen) atoms. The number of urea groups is 1. The molecule has 1 aliphatic heterocycles. The predicted octanol–water partition coefficient (Wildman–Crippen LogP) is 1.18. The van der Waals surface area contributed by atoms with Gasteiger partial charge >= 0.3 is 6.03 Å². The Bertz CT molecular complexity index is 702. The fourth-order valence-corrected chi connectivity index (χ4v) is 3.60. The van der Waals surface area contributed by atoms with E-state index in [1.165, 1.54) is 11.3 Å². The minimum Gasteiger partial charge on any atom is -0.383 e. The molecule has 1 aromatic carbocycles. The van der Waals surface area contributed by atoms with E-state index in [9.17, 15) is 4.79 Å². The van der Waals surface area contributed by atoms with Crippen LogP contribution in [-0.2, 0) is 4.74 Å². The van der Waals surface area contributed by atoms with Crippen LogP contribution in [0.15, 0.2) is 30.3 Å². The maximum absolute atomic E-state index is 12.8. The molecule has 3 rings (SSSR count). The molecule has 1 atom stereocenters. The van der Waals surface area contributed by atoms with E-state index in [0.717, 1.165) is 25.2 Å². The highest BCUT2D eigenvalue weighted by molar-refractivity contribution is 7.15. The van der Waals surface area contributed by atoms with Crippen LogP contribution in [0.2, 0.25) is 0 Å². The maximum Gasteiger partial charge on any atom is 0.318 e. The van der Waals surface area contributed by atoms with Gasteiger partial charge in [0.2, 0.25) is 5.13 Å². The van der Waals surface area contributed by atoms with Crippen LogP contribution in [0.5, 0.6) is 0 Å². The summed E-state index contributed by atoms with van der Waals surface area (Å²) in [6.45, 7) is 4.67. The number of nitrogens with zero attached hydrogens (tertiary/aromatic N) is 4. The van der Waals surface area contributed by atoms with E-state index in [0.29, 0.717) is 29.8 Å². The van der Waals surface area contributed by atoms with E-state index < -0.39 is 0 Å². The fourth-order valence-electron chi connectivity index (χ4n) is 2.91. The third kappa shape index (κ3) is 4.69. The molecule has 0 saturated carbocycles. The molecule has 2 aromatic rings. The van der Waals surface area contributed by atoms with Crippen LogP contribution in [0.3, 0.4) is 0 Å². The third-order valence-electron chi connectivity index (χ3n) is 4.38. The highest BCUT2D eigenvalue weighted by atomic mass is 32.1. The molecule has 1 fully saturated rings. The van der Waals surface area contributed by atoms with Crippen molar-refractivity contribution < 1.29 is 9.53 Å².